The minimum atomic E-state index is -0.545. The maximum absolute atomic E-state index is 11.8. The highest BCUT2D eigenvalue weighted by Gasteiger charge is 2.21. The molecule has 0 unspecified atom stereocenters. The third-order valence-electron chi connectivity index (χ3n) is 3.32. The van der Waals surface area contributed by atoms with Crippen molar-refractivity contribution in [3.63, 3.8) is 0 Å². The summed E-state index contributed by atoms with van der Waals surface area (Å²) in [5, 5.41) is 2.63. The van der Waals surface area contributed by atoms with Gasteiger partial charge in [0, 0.05) is 25.3 Å². The van der Waals surface area contributed by atoms with E-state index < -0.39 is 11.7 Å². The van der Waals surface area contributed by atoms with Crippen molar-refractivity contribution in [1.29, 1.82) is 0 Å². The third-order valence-corrected chi connectivity index (χ3v) is 3.32. The average Bonchev–Trinajstić information content (AvgIpc) is 3.26. The smallest absolute Gasteiger partial charge is 0.292 e. The number of ketones is 1. The molecule has 1 fully saturated rings. The number of ether oxygens (including phenoxy) is 1. The van der Waals surface area contributed by atoms with Gasteiger partial charge < -0.3 is 10.1 Å². The van der Waals surface area contributed by atoms with Gasteiger partial charge in [-0.05, 0) is 32.1 Å². The molecular formula is C16H21NO3. The first-order valence-corrected chi connectivity index (χ1v) is 7.14. The first kappa shape index (κ1) is 14.7. The minimum absolute atomic E-state index is 0.429. The van der Waals surface area contributed by atoms with Gasteiger partial charge in [0.1, 0.15) is 0 Å². The molecule has 0 atom stereocenters. The monoisotopic (exact) mass is 275 g/mol. The fourth-order valence-electron chi connectivity index (χ4n) is 1.83. The highest BCUT2D eigenvalue weighted by Crippen LogP contribution is 2.28. The SMILES string of the molecule is Cc1ccc(C(=O)C(=O)NCCCOCC2CC2)cc1. The molecule has 1 N–H and O–H groups in total. The molecule has 0 spiro atoms. The van der Waals surface area contributed by atoms with Crippen LogP contribution in [-0.2, 0) is 9.53 Å². The van der Waals surface area contributed by atoms with E-state index in [2.05, 4.69) is 5.32 Å². The Morgan fingerprint density at radius 3 is 2.60 bits per heavy atom. The number of amides is 1. The molecule has 1 amide bonds. The summed E-state index contributed by atoms with van der Waals surface area (Å²) >= 11 is 0. The second-order valence-corrected chi connectivity index (χ2v) is 5.32. The van der Waals surface area contributed by atoms with E-state index in [0.717, 1.165) is 24.5 Å². The van der Waals surface area contributed by atoms with Crippen LogP contribution in [0.25, 0.3) is 0 Å². The largest absolute Gasteiger partial charge is 0.381 e. The predicted octanol–water partition coefficient (Wildman–Crippen LogP) is 2.11. The molecule has 1 aliphatic rings. The van der Waals surface area contributed by atoms with Gasteiger partial charge in [-0.3, -0.25) is 9.59 Å². The first-order chi connectivity index (χ1) is 9.66. The summed E-state index contributed by atoms with van der Waals surface area (Å²) in [5.41, 5.74) is 1.49. The molecule has 0 saturated heterocycles. The van der Waals surface area contributed by atoms with Gasteiger partial charge in [0.25, 0.3) is 5.91 Å². The van der Waals surface area contributed by atoms with Gasteiger partial charge in [-0.15, -0.1) is 0 Å². The summed E-state index contributed by atoms with van der Waals surface area (Å²) in [7, 11) is 0. The van der Waals surface area contributed by atoms with Gasteiger partial charge in [0.05, 0.1) is 0 Å². The molecule has 0 aromatic heterocycles. The van der Waals surface area contributed by atoms with E-state index in [9.17, 15) is 9.59 Å². The molecule has 4 nitrogen and oxygen atoms in total. The maximum atomic E-state index is 11.8. The van der Waals surface area contributed by atoms with Gasteiger partial charge in [-0.25, -0.2) is 0 Å². The molecule has 0 bridgehead atoms. The van der Waals surface area contributed by atoms with E-state index in [1.807, 2.05) is 19.1 Å². The van der Waals surface area contributed by atoms with Crippen LogP contribution in [0.4, 0.5) is 0 Å². The van der Waals surface area contributed by atoms with E-state index >= 15 is 0 Å². The molecule has 1 saturated carbocycles. The zero-order valence-corrected chi connectivity index (χ0v) is 11.9. The van der Waals surface area contributed by atoms with Crippen LogP contribution in [0.5, 0.6) is 0 Å². The van der Waals surface area contributed by atoms with Crippen LogP contribution < -0.4 is 5.32 Å². The van der Waals surface area contributed by atoms with Crippen LogP contribution in [-0.4, -0.2) is 31.4 Å². The van der Waals surface area contributed by atoms with Gasteiger partial charge in [-0.1, -0.05) is 29.8 Å². The summed E-state index contributed by atoms with van der Waals surface area (Å²) in [4.78, 5) is 23.5. The van der Waals surface area contributed by atoms with E-state index in [0.29, 0.717) is 18.7 Å². The van der Waals surface area contributed by atoms with Crippen molar-refractivity contribution >= 4 is 11.7 Å². The predicted molar refractivity (Wildman–Crippen MR) is 76.7 cm³/mol. The fraction of sp³-hybridized carbons (Fsp3) is 0.500. The van der Waals surface area contributed by atoms with Crippen molar-refractivity contribution in [2.24, 2.45) is 5.92 Å². The molecule has 20 heavy (non-hydrogen) atoms. The number of hydrogen-bond donors (Lipinski definition) is 1. The summed E-state index contributed by atoms with van der Waals surface area (Å²) in [6, 6.07) is 7.00. The second-order valence-electron chi connectivity index (χ2n) is 5.32. The lowest BCUT2D eigenvalue weighted by Crippen LogP contribution is -2.32. The molecule has 1 aromatic carbocycles. The first-order valence-electron chi connectivity index (χ1n) is 7.14. The number of aryl methyl sites for hydroxylation is 1. The average molecular weight is 275 g/mol. The van der Waals surface area contributed by atoms with Crippen molar-refractivity contribution in [2.45, 2.75) is 26.2 Å². The lowest BCUT2D eigenvalue weighted by atomic mass is 10.1. The molecule has 0 radical (unpaired) electrons. The second kappa shape index (κ2) is 7.20. The zero-order chi connectivity index (χ0) is 14.4. The van der Waals surface area contributed by atoms with Crippen molar-refractivity contribution in [1.82, 2.24) is 5.32 Å². The Labute approximate surface area is 119 Å². The van der Waals surface area contributed by atoms with Gasteiger partial charge in [0.15, 0.2) is 0 Å². The summed E-state index contributed by atoms with van der Waals surface area (Å²) in [6.45, 7) is 3.88. The molecule has 2 rings (SSSR count). The minimum Gasteiger partial charge on any atom is -0.381 e. The Morgan fingerprint density at radius 2 is 1.95 bits per heavy atom. The van der Waals surface area contributed by atoms with Crippen LogP contribution >= 0.6 is 0 Å². The maximum Gasteiger partial charge on any atom is 0.292 e. The van der Waals surface area contributed by atoms with Crippen LogP contribution in [0.3, 0.4) is 0 Å². The number of rotatable bonds is 8. The van der Waals surface area contributed by atoms with E-state index in [-0.39, 0.29) is 0 Å². The van der Waals surface area contributed by atoms with Crippen LogP contribution in [0.1, 0.15) is 35.2 Å². The molecule has 4 heteroatoms. The van der Waals surface area contributed by atoms with E-state index in [4.69, 9.17) is 4.74 Å². The number of carbonyl (C=O) groups excluding carboxylic acids is 2. The van der Waals surface area contributed by atoms with Crippen LogP contribution in [0.2, 0.25) is 0 Å². The highest BCUT2D eigenvalue weighted by molar-refractivity contribution is 6.42. The molecule has 0 heterocycles. The quantitative estimate of drug-likeness (QED) is 0.449. The van der Waals surface area contributed by atoms with Crippen LogP contribution in [0, 0.1) is 12.8 Å². The van der Waals surface area contributed by atoms with Gasteiger partial charge >= 0.3 is 0 Å². The Bertz CT molecular complexity index is 463. The van der Waals surface area contributed by atoms with Crippen molar-refractivity contribution < 1.29 is 14.3 Å². The number of Topliss-reactive ketones (excluding diaryl/α,β-unsaturated/α-hetero) is 1. The molecular weight excluding hydrogens is 254 g/mol. The Balaban J connectivity index is 1.63. The molecule has 1 aliphatic carbocycles. The summed E-state index contributed by atoms with van der Waals surface area (Å²) < 4.78 is 5.46. The Kier molecular flexibility index (Phi) is 5.30. The Morgan fingerprint density at radius 1 is 1.25 bits per heavy atom. The lowest BCUT2D eigenvalue weighted by molar-refractivity contribution is -0.117. The van der Waals surface area contributed by atoms with E-state index in [1.54, 1.807) is 12.1 Å². The normalized spacial score (nSPS) is 14.1. The van der Waals surface area contributed by atoms with Gasteiger partial charge in [-0.2, -0.15) is 0 Å². The summed E-state index contributed by atoms with van der Waals surface area (Å²) in [5.74, 6) is -0.271. The number of benzene rings is 1. The third kappa shape index (κ3) is 4.78. The topological polar surface area (TPSA) is 55.4 Å². The lowest BCUT2D eigenvalue weighted by Gasteiger charge is -2.05. The number of carbonyl (C=O) groups is 2. The Hall–Kier alpha value is -1.68. The summed E-state index contributed by atoms with van der Waals surface area (Å²) in [6.07, 6.45) is 3.29. The number of hydrogen-bond acceptors (Lipinski definition) is 3. The highest BCUT2D eigenvalue weighted by atomic mass is 16.5. The van der Waals surface area contributed by atoms with E-state index in [1.165, 1.54) is 12.8 Å². The van der Waals surface area contributed by atoms with Crippen molar-refractivity contribution in [3.05, 3.63) is 35.4 Å². The fourth-order valence-corrected chi connectivity index (χ4v) is 1.83. The van der Waals surface area contributed by atoms with Gasteiger partial charge in [0.2, 0.25) is 5.78 Å². The zero-order valence-electron chi connectivity index (χ0n) is 11.9. The standard InChI is InChI=1S/C16H21NO3/c1-12-3-7-14(8-4-12)15(18)16(19)17-9-2-10-20-11-13-5-6-13/h3-4,7-8,13H,2,5-6,9-11H2,1H3,(H,17,19). The number of nitrogens with one attached hydrogen (secondary N) is 1. The van der Waals surface area contributed by atoms with Crippen molar-refractivity contribution in [2.75, 3.05) is 19.8 Å². The molecule has 0 aliphatic heterocycles. The van der Waals surface area contributed by atoms with Crippen molar-refractivity contribution in [3.8, 4) is 0 Å². The molecule has 1 aromatic rings. The van der Waals surface area contributed by atoms with Crippen LogP contribution in [0.15, 0.2) is 24.3 Å². The molecule has 108 valence electrons.